The van der Waals surface area contributed by atoms with Crippen molar-refractivity contribution in [3.05, 3.63) is 30.1 Å². The fraction of sp³-hybridized carbons (Fsp3) is 0.500. The molecule has 1 aromatic rings. The van der Waals surface area contributed by atoms with Crippen LogP contribution in [0.1, 0.15) is 19.4 Å². The van der Waals surface area contributed by atoms with Gasteiger partial charge in [0.25, 0.3) is 0 Å². The summed E-state index contributed by atoms with van der Waals surface area (Å²) in [6.07, 6.45) is 3.61. The summed E-state index contributed by atoms with van der Waals surface area (Å²) in [5.41, 5.74) is 7.56. The third kappa shape index (κ3) is 8.63. The molecular weight excluding hydrogens is 233 g/mol. The minimum Gasteiger partial charge on any atom is -0.265 e. The number of nitrogens with one attached hydrogen (secondary N) is 2. The van der Waals surface area contributed by atoms with Crippen LogP contribution in [0.4, 0.5) is 0 Å². The lowest BCUT2D eigenvalue weighted by atomic mass is 10.2. The fourth-order valence-electron chi connectivity index (χ4n) is 0.941. The maximum atomic E-state index is 3.95. The lowest BCUT2D eigenvalue weighted by Gasteiger charge is -2.08. The van der Waals surface area contributed by atoms with E-state index in [0.29, 0.717) is 5.92 Å². The molecule has 0 aliphatic rings. The van der Waals surface area contributed by atoms with Gasteiger partial charge in [-0.25, -0.2) is 0 Å². The van der Waals surface area contributed by atoms with Crippen LogP contribution in [-0.2, 0) is 6.54 Å². The van der Waals surface area contributed by atoms with Crippen LogP contribution in [0.2, 0.25) is 0 Å². The Hall–Kier alpha value is -0.350. The highest BCUT2D eigenvalue weighted by Gasteiger charge is 1.92. The average Bonchev–Trinajstić information content (AvgIpc) is 2.14. The molecule has 0 atom stereocenters. The Morgan fingerprint density at radius 1 is 1.13 bits per heavy atom. The highest BCUT2D eigenvalue weighted by Crippen LogP contribution is 1.93. The standard InChI is InChI=1S/C10H17N3.2ClH/c1-9(2)7-12-13-8-10-3-5-11-6-4-10;;/h3-6,9,12-13H,7-8H2,1-2H3;2*1H. The summed E-state index contributed by atoms with van der Waals surface area (Å²) in [6, 6.07) is 4.01. The van der Waals surface area contributed by atoms with Gasteiger partial charge in [0, 0.05) is 25.5 Å². The van der Waals surface area contributed by atoms with Crippen LogP contribution in [-0.4, -0.2) is 11.5 Å². The van der Waals surface area contributed by atoms with Crippen molar-refractivity contribution in [2.45, 2.75) is 20.4 Å². The number of aromatic nitrogens is 1. The van der Waals surface area contributed by atoms with Crippen molar-refractivity contribution in [2.24, 2.45) is 5.92 Å². The lowest BCUT2D eigenvalue weighted by molar-refractivity contribution is 0.468. The summed E-state index contributed by atoms with van der Waals surface area (Å²) in [5.74, 6) is 0.671. The lowest BCUT2D eigenvalue weighted by Crippen LogP contribution is -2.34. The topological polar surface area (TPSA) is 37.0 Å². The highest BCUT2D eigenvalue weighted by atomic mass is 35.5. The van der Waals surface area contributed by atoms with E-state index >= 15 is 0 Å². The first-order valence-corrected chi connectivity index (χ1v) is 4.63. The highest BCUT2D eigenvalue weighted by molar-refractivity contribution is 5.85. The van der Waals surface area contributed by atoms with Crippen LogP contribution < -0.4 is 10.9 Å². The second-order valence-electron chi connectivity index (χ2n) is 3.48. The van der Waals surface area contributed by atoms with Crippen molar-refractivity contribution in [3.63, 3.8) is 0 Å². The summed E-state index contributed by atoms with van der Waals surface area (Å²) in [7, 11) is 0. The number of halogens is 2. The van der Waals surface area contributed by atoms with E-state index in [1.165, 1.54) is 5.56 Å². The maximum absolute atomic E-state index is 3.95. The molecule has 0 aliphatic heterocycles. The van der Waals surface area contributed by atoms with Gasteiger partial charge in [0.05, 0.1) is 0 Å². The van der Waals surface area contributed by atoms with Crippen LogP contribution in [0.3, 0.4) is 0 Å². The Morgan fingerprint density at radius 2 is 1.73 bits per heavy atom. The van der Waals surface area contributed by atoms with Gasteiger partial charge in [-0.1, -0.05) is 13.8 Å². The molecule has 88 valence electrons. The molecule has 1 rings (SSSR count). The summed E-state index contributed by atoms with van der Waals surface area (Å²) in [6.45, 7) is 6.20. The molecule has 0 saturated carbocycles. The van der Waals surface area contributed by atoms with Gasteiger partial charge >= 0.3 is 0 Å². The Morgan fingerprint density at radius 3 is 2.27 bits per heavy atom. The SMILES string of the molecule is CC(C)CNNCc1ccncc1.Cl.Cl. The molecular formula is C10H19Cl2N3. The fourth-order valence-corrected chi connectivity index (χ4v) is 0.941. The van der Waals surface area contributed by atoms with Crippen molar-refractivity contribution in [2.75, 3.05) is 6.54 Å². The second kappa shape index (κ2) is 10.2. The minimum atomic E-state index is 0. The molecule has 0 bridgehead atoms. The Balaban J connectivity index is 0. The van der Waals surface area contributed by atoms with Gasteiger partial charge in [0.15, 0.2) is 0 Å². The molecule has 0 radical (unpaired) electrons. The summed E-state index contributed by atoms with van der Waals surface area (Å²) >= 11 is 0. The minimum absolute atomic E-state index is 0. The molecule has 0 spiro atoms. The zero-order valence-corrected chi connectivity index (χ0v) is 10.7. The molecule has 0 unspecified atom stereocenters. The van der Waals surface area contributed by atoms with Crippen molar-refractivity contribution < 1.29 is 0 Å². The van der Waals surface area contributed by atoms with Gasteiger partial charge in [0.1, 0.15) is 0 Å². The van der Waals surface area contributed by atoms with E-state index < -0.39 is 0 Å². The van der Waals surface area contributed by atoms with E-state index in [4.69, 9.17) is 0 Å². The molecule has 1 aromatic heterocycles. The molecule has 5 heteroatoms. The van der Waals surface area contributed by atoms with E-state index in [1.807, 2.05) is 12.1 Å². The smallest absolute Gasteiger partial charge is 0.0352 e. The van der Waals surface area contributed by atoms with Gasteiger partial charge in [0.2, 0.25) is 0 Å². The quantitative estimate of drug-likeness (QED) is 0.623. The normalized spacial score (nSPS) is 9.27. The van der Waals surface area contributed by atoms with Gasteiger partial charge < -0.3 is 0 Å². The Bertz CT molecular complexity index is 229. The summed E-state index contributed by atoms with van der Waals surface area (Å²) < 4.78 is 0. The van der Waals surface area contributed by atoms with Gasteiger partial charge in [-0.15, -0.1) is 24.8 Å². The zero-order chi connectivity index (χ0) is 9.52. The number of hydrogen-bond acceptors (Lipinski definition) is 3. The van der Waals surface area contributed by atoms with E-state index in [2.05, 4.69) is 29.7 Å². The van der Waals surface area contributed by atoms with Crippen molar-refractivity contribution in [1.82, 2.24) is 15.8 Å². The average molecular weight is 252 g/mol. The predicted molar refractivity (Wildman–Crippen MR) is 68.4 cm³/mol. The molecule has 0 amide bonds. The van der Waals surface area contributed by atoms with E-state index in [9.17, 15) is 0 Å². The van der Waals surface area contributed by atoms with Gasteiger partial charge in [-0.2, -0.15) is 0 Å². The molecule has 0 fully saturated rings. The molecule has 0 aromatic carbocycles. The van der Waals surface area contributed by atoms with Crippen LogP contribution in [0.25, 0.3) is 0 Å². The maximum Gasteiger partial charge on any atom is 0.0352 e. The third-order valence-corrected chi connectivity index (χ3v) is 1.68. The van der Waals surface area contributed by atoms with E-state index in [1.54, 1.807) is 12.4 Å². The number of rotatable bonds is 5. The summed E-state index contributed by atoms with van der Waals surface area (Å²) in [5, 5.41) is 0. The predicted octanol–water partition coefficient (Wildman–Crippen LogP) is 2.18. The second-order valence-corrected chi connectivity index (χ2v) is 3.48. The largest absolute Gasteiger partial charge is 0.265 e. The first kappa shape index (κ1) is 17.1. The molecule has 0 saturated heterocycles. The Kier molecular flexibility index (Phi) is 11.6. The zero-order valence-electron chi connectivity index (χ0n) is 9.06. The van der Waals surface area contributed by atoms with Crippen LogP contribution >= 0.6 is 24.8 Å². The number of nitrogens with zero attached hydrogens (tertiary/aromatic N) is 1. The third-order valence-electron chi connectivity index (χ3n) is 1.68. The van der Waals surface area contributed by atoms with Gasteiger partial charge in [-0.05, 0) is 23.6 Å². The van der Waals surface area contributed by atoms with Gasteiger partial charge in [-0.3, -0.25) is 15.8 Å². The molecule has 3 nitrogen and oxygen atoms in total. The van der Waals surface area contributed by atoms with Crippen molar-refractivity contribution in [3.8, 4) is 0 Å². The first-order chi connectivity index (χ1) is 6.29. The van der Waals surface area contributed by atoms with E-state index in [0.717, 1.165) is 13.1 Å². The van der Waals surface area contributed by atoms with E-state index in [-0.39, 0.29) is 24.8 Å². The van der Waals surface area contributed by atoms with Crippen LogP contribution in [0.15, 0.2) is 24.5 Å². The van der Waals surface area contributed by atoms with Crippen LogP contribution in [0, 0.1) is 5.92 Å². The first-order valence-electron chi connectivity index (χ1n) is 4.63. The summed E-state index contributed by atoms with van der Waals surface area (Å²) in [4.78, 5) is 3.95. The number of hydrogen-bond donors (Lipinski definition) is 2. The Labute approximate surface area is 104 Å². The molecule has 1 heterocycles. The molecule has 15 heavy (non-hydrogen) atoms. The number of pyridine rings is 1. The van der Waals surface area contributed by atoms with Crippen molar-refractivity contribution >= 4 is 24.8 Å². The van der Waals surface area contributed by atoms with Crippen LogP contribution in [0.5, 0.6) is 0 Å². The monoisotopic (exact) mass is 251 g/mol. The van der Waals surface area contributed by atoms with Crippen molar-refractivity contribution in [1.29, 1.82) is 0 Å². The number of hydrazine groups is 1. The molecule has 0 aliphatic carbocycles. The molecule has 2 N–H and O–H groups in total.